The zero-order valence-corrected chi connectivity index (χ0v) is 14.8. The first kappa shape index (κ1) is 17.2. The van der Waals surface area contributed by atoms with Crippen molar-refractivity contribution in [1.29, 1.82) is 5.26 Å². The molecule has 1 aliphatic heterocycles. The van der Waals surface area contributed by atoms with Gasteiger partial charge in [-0.05, 0) is 30.2 Å². The summed E-state index contributed by atoms with van der Waals surface area (Å²) in [5.74, 6) is 0.533. The van der Waals surface area contributed by atoms with E-state index in [1.165, 1.54) is 0 Å². The molecule has 3 N–H and O–H groups in total. The summed E-state index contributed by atoms with van der Waals surface area (Å²) in [5, 5.41) is 13.6. The molecule has 1 aliphatic rings. The van der Waals surface area contributed by atoms with Crippen LogP contribution in [0.5, 0.6) is 5.75 Å². The number of halogens is 1. The van der Waals surface area contributed by atoms with Crippen molar-refractivity contribution in [2.45, 2.75) is 25.7 Å². The Hall–Kier alpha value is -2.64. The lowest BCUT2D eigenvalue weighted by Crippen LogP contribution is -2.21. The third kappa shape index (κ3) is 3.57. The molecule has 0 radical (unpaired) electrons. The molecule has 0 saturated carbocycles. The van der Waals surface area contributed by atoms with Gasteiger partial charge in [0.2, 0.25) is 5.88 Å². The fourth-order valence-electron chi connectivity index (χ4n) is 3.00. The lowest BCUT2D eigenvalue weighted by atomic mass is 9.83. The molecule has 0 spiro atoms. The van der Waals surface area contributed by atoms with E-state index in [-0.39, 0.29) is 11.8 Å². The molecule has 0 aliphatic carbocycles. The highest BCUT2D eigenvalue weighted by Gasteiger charge is 2.30. The highest BCUT2D eigenvalue weighted by Crippen LogP contribution is 2.43. The Kier molecular flexibility index (Phi) is 5.16. The Labute approximate surface area is 152 Å². The minimum absolute atomic E-state index is 0.144. The van der Waals surface area contributed by atoms with Crippen LogP contribution in [0.15, 0.2) is 53.9 Å². The average Bonchev–Trinajstić information content (AvgIpc) is 2.60. The number of ether oxygens (including phenoxy) is 1. The Morgan fingerprint density at radius 1 is 1.28 bits per heavy atom. The summed E-state index contributed by atoms with van der Waals surface area (Å²) in [6.07, 6.45) is 2.23. The predicted octanol–water partition coefficient (Wildman–Crippen LogP) is 4.77. The van der Waals surface area contributed by atoms with Gasteiger partial charge < -0.3 is 15.8 Å². The predicted molar refractivity (Wildman–Crippen MR) is 101 cm³/mol. The standard InChI is InChI=1S/C20H20ClN3O/c1-2-3-9-24-15-7-8-16-18(11-15)25-20(23)17(12-22)19(16)13-5-4-6-14(21)10-13/h4-8,10-11,19,24H,2-3,9,23H2,1H3. The van der Waals surface area contributed by atoms with E-state index in [2.05, 4.69) is 18.3 Å². The number of benzene rings is 2. The van der Waals surface area contributed by atoms with Crippen LogP contribution < -0.4 is 15.8 Å². The quantitative estimate of drug-likeness (QED) is 0.759. The zero-order chi connectivity index (χ0) is 17.8. The summed E-state index contributed by atoms with van der Waals surface area (Å²) in [7, 11) is 0. The largest absolute Gasteiger partial charge is 0.440 e. The van der Waals surface area contributed by atoms with Crippen LogP contribution in [0.3, 0.4) is 0 Å². The molecule has 4 nitrogen and oxygen atoms in total. The van der Waals surface area contributed by atoms with Gasteiger partial charge in [-0.25, -0.2) is 0 Å². The zero-order valence-electron chi connectivity index (χ0n) is 14.1. The van der Waals surface area contributed by atoms with Crippen LogP contribution in [-0.4, -0.2) is 6.54 Å². The van der Waals surface area contributed by atoms with Crippen molar-refractivity contribution in [3.05, 3.63) is 70.1 Å². The molecule has 0 saturated heterocycles. The Morgan fingerprint density at radius 3 is 2.84 bits per heavy atom. The van der Waals surface area contributed by atoms with Gasteiger partial charge in [-0.3, -0.25) is 0 Å². The lowest BCUT2D eigenvalue weighted by molar-refractivity contribution is 0.394. The number of unbranched alkanes of at least 4 members (excludes halogenated alkanes) is 1. The maximum Gasteiger partial charge on any atom is 0.205 e. The van der Waals surface area contributed by atoms with Crippen LogP contribution in [0.1, 0.15) is 36.8 Å². The summed E-state index contributed by atoms with van der Waals surface area (Å²) in [6.45, 7) is 3.06. The van der Waals surface area contributed by atoms with Crippen molar-refractivity contribution >= 4 is 17.3 Å². The van der Waals surface area contributed by atoms with E-state index in [9.17, 15) is 5.26 Å². The minimum Gasteiger partial charge on any atom is -0.440 e. The molecule has 1 heterocycles. The smallest absolute Gasteiger partial charge is 0.205 e. The summed E-state index contributed by atoms with van der Waals surface area (Å²) in [5.41, 5.74) is 9.24. The van der Waals surface area contributed by atoms with Crippen molar-refractivity contribution in [2.24, 2.45) is 5.73 Å². The topological polar surface area (TPSA) is 71.1 Å². The van der Waals surface area contributed by atoms with E-state index in [1.807, 2.05) is 42.5 Å². The van der Waals surface area contributed by atoms with E-state index in [0.717, 1.165) is 36.2 Å². The third-order valence-corrected chi connectivity index (χ3v) is 4.50. The normalized spacial score (nSPS) is 16.0. The maximum absolute atomic E-state index is 9.57. The van der Waals surface area contributed by atoms with Crippen LogP contribution in [0.2, 0.25) is 5.02 Å². The van der Waals surface area contributed by atoms with E-state index in [1.54, 1.807) is 0 Å². The fraction of sp³-hybridized carbons (Fsp3) is 0.250. The van der Waals surface area contributed by atoms with Crippen LogP contribution in [-0.2, 0) is 0 Å². The molecule has 0 bridgehead atoms. The van der Waals surface area contributed by atoms with Crippen molar-refractivity contribution in [2.75, 3.05) is 11.9 Å². The third-order valence-electron chi connectivity index (χ3n) is 4.26. The van der Waals surface area contributed by atoms with Gasteiger partial charge in [-0.1, -0.05) is 43.1 Å². The molecule has 1 atom stereocenters. The van der Waals surface area contributed by atoms with Crippen molar-refractivity contribution in [1.82, 2.24) is 0 Å². The molecule has 128 valence electrons. The summed E-state index contributed by atoms with van der Waals surface area (Å²) >= 11 is 6.14. The van der Waals surface area contributed by atoms with Crippen molar-refractivity contribution < 1.29 is 4.74 Å². The average molecular weight is 354 g/mol. The molecular formula is C20H20ClN3O. The Bertz CT molecular complexity index is 854. The summed E-state index contributed by atoms with van der Waals surface area (Å²) in [6, 6.07) is 15.6. The molecule has 0 aromatic heterocycles. The molecule has 5 heteroatoms. The maximum atomic E-state index is 9.57. The number of nitrogens with zero attached hydrogens (tertiary/aromatic N) is 1. The van der Waals surface area contributed by atoms with Gasteiger partial charge in [0, 0.05) is 28.9 Å². The fourth-order valence-corrected chi connectivity index (χ4v) is 3.20. The van der Waals surface area contributed by atoms with Crippen molar-refractivity contribution in [3.8, 4) is 11.8 Å². The van der Waals surface area contributed by atoms with E-state index < -0.39 is 0 Å². The number of allylic oxidation sites excluding steroid dienone is 1. The molecule has 2 aromatic rings. The molecule has 0 fully saturated rings. The summed E-state index contributed by atoms with van der Waals surface area (Å²) < 4.78 is 5.73. The van der Waals surface area contributed by atoms with E-state index in [0.29, 0.717) is 16.3 Å². The first-order valence-corrected chi connectivity index (χ1v) is 8.72. The first-order chi connectivity index (χ1) is 12.1. The van der Waals surface area contributed by atoms with Crippen LogP contribution in [0, 0.1) is 11.3 Å². The number of fused-ring (bicyclic) bond motifs is 1. The summed E-state index contributed by atoms with van der Waals surface area (Å²) in [4.78, 5) is 0. The number of anilines is 1. The SMILES string of the molecule is CCCCNc1ccc2c(c1)OC(N)=C(C#N)C2c1cccc(Cl)c1. The number of hydrogen-bond donors (Lipinski definition) is 2. The first-order valence-electron chi connectivity index (χ1n) is 8.35. The number of rotatable bonds is 5. The Balaban J connectivity index is 2.02. The molecule has 25 heavy (non-hydrogen) atoms. The highest BCUT2D eigenvalue weighted by atomic mass is 35.5. The highest BCUT2D eigenvalue weighted by molar-refractivity contribution is 6.30. The molecule has 1 unspecified atom stereocenters. The van der Waals surface area contributed by atoms with Gasteiger partial charge in [-0.15, -0.1) is 0 Å². The number of hydrogen-bond acceptors (Lipinski definition) is 4. The van der Waals surface area contributed by atoms with E-state index >= 15 is 0 Å². The van der Waals surface area contributed by atoms with Gasteiger partial charge in [0.15, 0.2) is 0 Å². The lowest BCUT2D eigenvalue weighted by Gasteiger charge is -2.27. The molecule has 2 aromatic carbocycles. The second-order valence-corrected chi connectivity index (χ2v) is 6.45. The van der Waals surface area contributed by atoms with Gasteiger partial charge in [0.1, 0.15) is 17.4 Å². The van der Waals surface area contributed by atoms with Gasteiger partial charge in [0.05, 0.1) is 5.92 Å². The number of nitrogens with two attached hydrogens (primary N) is 1. The van der Waals surface area contributed by atoms with Gasteiger partial charge in [-0.2, -0.15) is 5.26 Å². The number of nitriles is 1. The monoisotopic (exact) mass is 353 g/mol. The number of nitrogens with one attached hydrogen (secondary N) is 1. The minimum atomic E-state index is -0.280. The molecular weight excluding hydrogens is 334 g/mol. The molecule has 3 rings (SSSR count). The van der Waals surface area contributed by atoms with Crippen LogP contribution >= 0.6 is 11.6 Å². The van der Waals surface area contributed by atoms with Crippen molar-refractivity contribution in [3.63, 3.8) is 0 Å². The second-order valence-electron chi connectivity index (χ2n) is 6.01. The van der Waals surface area contributed by atoms with Crippen LogP contribution in [0.4, 0.5) is 5.69 Å². The molecule has 0 amide bonds. The van der Waals surface area contributed by atoms with Gasteiger partial charge >= 0.3 is 0 Å². The van der Waals surface area contributed by atoms with Crippen LogP contribution in [0.25, 0.3) is 0 Å². The van der Waals surface area contributed by atoms with E-state index in [4.69, 9.17) is 22.1 Å². The second kappa shape index (κ2) is 7.50. The Morgan fingerprint density at radius 2 is 2.12 bits per heavy atom. The van der Waals surface area contributed by atoms with Gasteiger partial charge in [0.25, 0.3) is 0 Å².